The molecule has 1 aliphatic heterocycles. The number of aromatic nitrogens is 2. The fraction of sp³-hybridized carbons (Fsp3) is 0.263. The Morgan fingerprint density at radius 2 is 1.76 bits per heavy atom. The number of thioether (sulfide) groups is 1. The molecule has 1 saturated heterocycles. The molecular weight excluding hydrogens is 415 g/mol. The van der Waals surface area contributed by atoms with Crippen molar-refractivity contribution in [1.29, 1.82) is 0 Å². The van der Waals surface area contributed by atoms with Gasteiger partial charge < -0.3 is 9.88 Å². The van der Waals surface area contributed by atoms with Crippen molar-refractivity contribution in [3.8, 4) is 0 Å². The number of nitrogens with zero attached hydrogens (tertiary/aromatic N) is 3. The summed E-state index contributed by atoms with van der Waals surface area (Å²) in [6.07, 6.45) is 0. The number of nitrogens with one attached hydrogen (secondary N) is 1. The van der Waals surface area contributed by atoms with E-state index in [-0.39, 0.29) is 42.7 Å². The number of H-pyrrole nitrogens is 1. The number of aromatic amines is 1. The van der Waals surface area contributed by atoms with Gasteiger partial charge in [-0.15, -0.1) is 0 Å². The van der Waals surface area contributed by atoms with Crippen molar-refractivity contribution in [1.82, 2.24) is 19.2 Å². The largest absolute Gasteiger partial charge is 0.339 e. The van der Waals surface area contributed by atoms with Gasteiger partial charge in [-0.1, -0.05) is 36.0 Å². The Labute approximate surface area is 172 Å². The third kappa shape index (κ3) is 4.14. The third-order valence-electron chi connectivity index (χ3n) is 4.75. The molecule has 1 amide bonds. The first-order chi connectivity index (χ1) is 13.9. The summed E-state index contributed by atoms with van der Waals surface area (Å²) < 4.78 is 40.4. The van der Waals surface area contributed by atoms with Crippen LogP contribution < -0.4 is 0 Å². The second kappa shape index (κ2) is 8.13. The van der Waals surface area contributed by atoms with Gasteiger partial charge in [-0.25, -0.2) is 17.8 Å². The Hall–Kier alpha value is -2.43. The summed E-state index contributed by atoms with van der Waals surface area (Å²) in [5.74, 6) is -0.647. The van der Waals surface area contributed by atoms with E-state index in [0.717, 1.165) is 17.1 Å². The van der Waals surface area contributed by atoms with Crippen LogP contribution in [0.3, 0.4) is 0 Å². The number of rotatable bonds is 5. The fourth-order valence-electron chi connectivity index (χ4n) is 3.19. The Kier molecular flexibility index (Phi) is 5.57. The first-order valence-electron chi connectivity index (χ1n) is 9.05. The highest BCUT2D eigenvalue weighted by molar-refractivity contribution is 7.99. The van der Waals surface area contributed by atoms with Gasteiger partial charge >= 0.3 is 0 Å². The molecular formula is C19H19FN4O3S2. The van der Waals surface area contributed by atoms with Crippen molar-refractivity contribution < 1.29 is 17.6 Å². The smallest absolute Gasteiger partial charge is 0.246 e. The first kappa shape index (κ1) is 19.9. The minimum Gasteiger partial charge on any atom is -0.339 e. The lowest BCUT2D eigenvalue weighted by Gasteiger charge is -2.34. The molecule has 1 aliphatic rings. The minimum absolute atomic E-state index is 0.0848. The summed E-state index contributed by atoms with van der Waals surface area (Å²) in [4.78, 5) is 21.4. The zero-order chi connectivity index (χ0) is 20.4. The maximum absolute atomic E-state index is 13.9. The highest BCUT2D eigenvalue weighted by Gasteiger charge is 2.31. The van der Waals surface area contributed by atoms with E-state index in [4.69, 9.17) is 0 Å². The van der Waals surface area contributed by atoms with Gasteiger partial charge in [-0.3, -0.25) is 4.79 Å². The van der Waals surface area contributed by atoms with Gasteiger partial charge in [0, 0.05) is 26.2 Å². The molecule has 0 atom stereocenters. The van der Waals surface area contributed by atoms with Gasteiger partial charge in [0.15, 0.2) is 5.16 Å². The van der Waals surface area contributed by atoms with Gasteiger partial charge in [0.2, 0.25) is 15.9 Å². The van der Waals surface area contributed by atoms with Crippen LogP contribution in [-0.4, -0.2) is 65.4 Å². The maximum atomic E-state index is 13.9. The Morgan fingerprint density at radius 3 is 2.48 bits per heavy atom. The van der Waals surface area contributed by atoms with Gasteiger partial charge in [-0.2, -0.15) is 4.31 Å². The molecule has 29 heavy (non-hydrogen) atoms. The summed E-state index contributed by atoms with van der Waals surface area (Å²) in [6.45, 7) is 0.815. The molecule has 152 valence electrons. The highest BCUT2D eigenvalue weighted by Crippen LogP contribution is 2.22. The van der Waals surface area contributed by atoms with Gasteiger partial charge in [0.05, 0.1) is 16.8 Å². The SMILES string of the molecule is O=C(CSc1nc2ccccc2[nH]1)N1CCN(S(=O)(=O)c2ccccc2F)CC1. The number of piperazine rings is 1. The second-order valence-electron chi connectivity index (χ2n) is 6.56. The number of carbonyl (C=O) groups excluding carboxylic acids is 1. The standard InChI is InChI=1S/C19H19FN4O3S2/c20-14-5-1-4-8-17(14)29(26,27)24-11-9-23(10-12-24)18(25)13-28-19-21-15-6-2-3-7-16(15)22-19/h1-8H,9-13H2,(H,21,22). The van der Waals surface area contributed by atoms with Crippen molar-refractivity contribution in [2.24, 2.45) is 0 Å². The summed E-state index contributed by atoms with van der Waals surface area (Å²) in [7, 11) is -3.91. The van der Waals surface area contributed by atoms with Crippen molar-refractivity contribution in [3.05, 3.63) is 54.3 Å². The van der Waals surface area contributed by atoms with E-state index in [9.17, 15) is 17.6 Å². The summed E-state index contributed by atoms with van der Waals surface area (Å²) >= 11 is 1.31. The second-order valence-corrected chi connectivity index (χ2v) is 9.43. The van der Waals surface area contributed by atoms with Crippen LogP contribution in [0.1, 0.15) is 0 Å². The average molecular weight is 435 g/mol. The number of imidazole rings is 1. The van der Waals surface area contributed by atoms with Crippen LogP contribution in [0.4, 0.5) is 4.39 Å². The van der Waals surface area contributed by atoms with Crippen molar-refractivity contribution in [2.45, 2.75) is 10.1 Å². The zero-order valence-electron chi connectivity index (χ0n) is 15.4. The topological polar surface area (TPSA) is 86.4 Å². The van der Waals surface area contributed by atoms with E-state index >= 15 is 0 Å². The lowest BCUT2D eigenvalue weighted by molar-refractivity contribution is -0.129. The Bertz CT molecular complexity index is 1110. The van der Waals surface area contributed by atoms with Crippen LogP contribution >= 0.6 is 11.8 Å². The fourth-order valence-corrected chi connectivity index (χ4v) is 5.46. The normalized spacial score (nSPS) is 15.7. The van der Waals surface area contributed by atoms with Crippen LogP contribution in [0.25, 0.3) is 11.0 Å². The van der Waals surface area contributed by atoms with E-state index in [1.807, 2.05) is 24.3 Å². The molecule has 0 spiro atoms. The van der Waals surface area contributed by atoms with Crippen LogP contribution in [0.15, 0.2) is 58.6 Å². The quantitative estimate of drug-likeness (QED) is 0.623. The molecule has 0 aliphatic carbocycles. The summed E-state index contributed by atoms with van der Waals surface area (Å²) in [6, 6.07) is 13.0. The van der Waals surface area contributed by atoms with E-state index < -0.39 is 15.8 Å². The molecule has 10 heteroatoms. The van der Waals surface area contributed by atoms with Crippen LogP contribution in [-0.2, 0) is 14.8 Å². The van der Waals surface area contributed by atoms with E-state index in [2.05, 4.69) is 9.97 Å². The Morgan fingerprint density at radius 1 is 1.07 bits per heavy atom. The van der Waals surface area contributed by atoms with Gasteiger partial charge in [0.25, 0.3) is 0 Å². The molecule has 7 nitrogen and oxygen atoms in total. The lowest BCUT2D eigenvalue weighted by Crippen LogP contribution is -2.51. The lowest BCUT2D eigenvalue weighted by atomic mass is 10.3. The van der Waals surface area contributed by atoms with Crippen molar-refractivity contribution >= 4 is 38.7 Å². The van der Waals surface area contributed by atoms with Crippen molar-refractivity contribution in [2.75, 3.05) is 31.9 Å². The van der Waals surface area contributed by atoms with Crippen LogP contribution in [0.2, 0.25) is 0 Å². The Balaban J connectivity index is 1.34. The first-order valence-corrected chi connectivity index (χ1v) is 11.5. The molecule has 4 rings (SSSR count). The number of halogens is 1. The van der Waals surface area contributed by atoms with Gasteiger partial charge in [0.1, 0.15) is 10.7 Å². The van der Waals surface area contributed by atoms with Crippen LogP contribution in [0.5, 0.6) is 0 Å². The maximum Gasteiger partial charge on any atom is 0.246 e. The number of hydrogen-bond acceptors (Lipinski definition) is 5. The molecule has 0 unspecified atom stereocenters. The number of sulfonamides is 1. The average Bonchev–Trinajstić information content (AvgIpc) is 3.15. The third-order valence-corrected chi connectivity index (χ3v) is 7.54. The summed E-state index contributed by atoms with van der Waals surface area (Å²) in [5.41, 5.74) is 1.75. The summed E-state index contributed by atoms with van der Waals surface area (Å²) in [5, 5.41) is 0.667. The number of amides is 1. The number of benzene rings is 2. The van der Waals surface area contributed by atoms with Gasteiger partial charge in [-0.05, 0) is 24.3 Å². The predicted molar refractivity (Wildman–Crippen MR) is 109 cm³/mol. The molecule has 0 saturated carbocycles. The van der Waals surface area contributed by atoms with E-state index in [0.29, 0.717) is 5.16 Å². The zero-order valence-corrected chi connectivity index (χ0v) is 17.0. The molecule has 0 bridgehead atoms. The molecule has 2 aromatic carbocycles. The monoisotopic (exact) mass is 434 g/mol. The number of para-hydroxylation sites is 2. The molecule has 0 radical (unpaired) electrons. The molecule has 1 aromatic heterocycles. The molecule has 1 N–H and O–H groups in total. The number of fused-ring (bicyclic) bond motifs is 1. The highest BCUT2D eigenvalue weighted by atomic mass is 32.2. The van der Waals surface area contributed by atoms with E-state index in [1.54, 1.807) is 4.90 Å². The molecule has 1 fully saturated rings. The molecule has 3 aromatic rings. The molecule has 2 heterocycles. The predicted octanol–water partition coefficient (Wildman–Crippen LogP) is 2.33. The number of hydrogen-bond donors (Lipinski definition) is 1. The number of carbonyl (C=O) groups is 1. The van der Waals surface area contributed by atoms with Crippen LogP contribution in [0, 0.1) is 5.82 Å². The van der Waals surface area contributed by atoms with Crippen molar-refractivity contribution in [3.63, 3.8) is 0 Å². The van der Waals surface area contributed by atoms with E-state index in [1.165, 1.54) is 34.3 Å². The minimum atomic E-state index is -3.91.